The SMILES string of the molecule is NS(=O)(=O)c1ccc(-c2ncc3[nH]ccc3n2)cc1. The van der Waals surface area contributed by atoms with Crippen molar-refractivity contribution in [2.75, 3.05) is 0 Å². The molecule has 2 heterocycles. The molecule has 0 spiro atoms. The minimum atomic E-state index is -3.67. The Kier molecular flexibility index (Phi) is 2.58. The molecule has 0 aliphatic heterocycles. The second-order valence-corrected chi connectivity index (χ2v) is 5.60. The zero-order valence-corrected chi connectivity index (χ0v) is 10.6. The van der Waals surface area contributed by atoms with Crippen molar-refractivity contribution in [3.8, 4) is 11.4 Å². The molecule has 0 saturated carbocycles. The maximum atomic E-state index is 11.2. The number of hydrogen-bond donors (Lipinski definition) is 2. The molecular formula is C12H10N4O2S. The maximum absolute atomic E-state index is 11.2. The lowest BCUT2D eigenvalue weighted by Gasteiger charge is -2.02. The Bertz CT molecular complexity index is 838. The van der Waals surface area contributed by atoms with Gasteiger partial charge in [0.05, 0.1) is 22.1 Å². The van der Waals surface area contributed by atoms with E-state index in [-0.39, 0.29) is 4.90 Å². The predicted octanol–water partition coefficient (Wildman–Crippen LogP) is 1.27. The molecule has 96 valence electrons. The predicted molar refractivity (Wildman–Crippen MR) is 70.7 cm³/mol. The standard InChI is InChI=1S/C12H10N4O2S/c13-19(17,18)9-3-1-8(2-4-9)12-15-7-11-10(16-12)5-6-14-11/h1-7,14H,(H2,13,17,18). The quantitative estimate of drug-likeness (QED) is 0.734. The van der Waals surface area contributed by atoms with Gasteiger partial charge >= 0.3 is 0 Å². The van der Waals surface area contributed by atoms with Gasteiger partial charge in [0.15, 0.2) is 5.82 Å². The Balaban J connectivity index is 2.06. The van der Waals surface area contributed by atoms with Crippen LogP contribution >= 0.6 is 0 Å². The van der Waals surface area contributed by atoms with Crippen molar-refractivity contribution in [3.63, 3.8) is 0 Å². The summed E-state index contributed by atoms with van der Waals surface area (Å²) in [4.78, 5) is 11.7. The van der Waals surface area contributed by atoms with Crippen LogP contribution in [0.5, 0.6) is 0 Å². The van der Waals surface area contributed by atoms with E-state index >= 15 is 0 Å². The molecule has 0 bridgehead atoms. The minimum absolute atomic E-state index is 0.0685. The van der Waals surface area contributed by atoms with Crippen LogP contribution in [-0.4, -0.2) is 23.4 Å². The molecule has 0 radical (unpaired) electrons. The summed E-state index contributed by atoms with van der Waals surface area (Å²) < 4.78 is 22.3. The second-order valence-electron chi connectivity index (χ2n) is 4.04. The third-order valence-corrected chi connectivity index (χ3v) is 3.67. The largest absolute Gasteiger partial charge is 0.359 e. The van der Waals surface area contributed by atoms with E-state index in [4.69, 9.17) is 5.14 Å². The van der Waals surface area contributed by atoms with Gasteiger partial charge in [0.1, 0.15) is 0 Å². The lowest BCUT2D eigenvalue weighted by molar-refractivity contribution is 0.598. The smallest absolute Gasteiger partial charge is 0.238 e. The molecule has 3 aromatic rings. The van der Waals surface area contributed by atoms with Crippen LogP contribution in [0.2, 0.25) is 0 Å². The molecular weight excluding hydrogens is 264 g/mol. The third kappa shape index (κ3) is 2.20. The fourth-order valence-electron chi connectivity index (χ4n) is 1.78. The van der Waals surface area contributed by atoms with E-state index in [1.165, 1.54) is 12.1 Å². The van der Waals surface area contributed by atoms with Gasteiger partial charge in [0.2, 0.25) is 10.0 Å². The van der Waals surface area contributed by atoms with Crippen LogP contribution in [0.25, 0.3) is 22.4 Å². The molecule has 0 fully saturated rings. The van der Waals surface area contributed by atoms with Gasteiger partial charge in [-0.2, -0.15) is 0 Å². The van der Waals surface area contributed by atoms with Gasteiger partial charge in [0.25, 0.3) is 0 Å². The van der Waals surface area contributed by atoms with E-state index < -0.39 is 10.0 Å². The van der Waals surface area contributed by atoms with Crippen LogP contribution in [0.1, 0.15) is 0 Å². The number of nitrogens with one attached hydrogen (secondary N) is 1. The number of nitrogens with two attached hydrogens (primary N) is 1. The first kappa shape index (κ1) is 11.8. The zero-order valence-electron chi connectivity index (χ0n) is 9.74. The summed E-state index contributed by atoms with van der Waals surface area (Å²) in [5.74, 6) is 0.535. The van der Waals surface area contributed by atoms with Crippen LogP contribution in [0, 0.1) is 0 Å². The summed E-state index contributed by atoms with van der Waals surface area (Å²) in [6.07, 6.45) is 3.47. The molecule has 0 aliphatic carbocycles. The summed E-state index contributed by atoms with van der Waals surface area (Å²) in [7, 11) is -3.67. The number of benzene rings is 1. The van der Waals surface area contributed by atoms with E-state index in [1.807, 2.05) is 6.07 Å². The van der Waals surface area contributed by atoms with E-state index in [1.54, 1.807) is 24.5 Å². The fourth-order valence-corrected chi connectivity index (χ4v) is 2.29. The molecule has 19 heavy (non-hydrogen) atoms. The van der Waals surface area contributed by atoms with Crippen LogP contribution < -0.4 is 5.14 Å². The minimum Gasteiger partial charge on any atom is -0.359 e. The van der Waals surface area contributed by atoms with E-state index in [0.29, 0.717) is 5.82 Å². The molecule has 7 heteroatoms. The number of H-pyrrole nitrogens is 1. The average Bonchev–Trinajstić information content (AvgIpc) is 2.85. The first-order valence-corrected chi connectivity index (χ1v) is 7.02. The molecule has 3 rings (SSSR count). The molecule has 0 unspecified atom stereocenters. The molecule has 0 aliphatic rings. The van der Waals surface area contributed by atoms with Crippen molar-refractivity contribution in [3.05, 3.63) is 42.7 Å². The number of primary sulfonamides is 1. The van der Waals surface area contributed by atoms with Crippen molar-refractivity contribution in [1.29, 1.82) is 0 Å². The van der Waals surface area contributed by atoms with Crippen LogP contribution in [0.4, 0.5) is 0 Å². The van der Waals surface area contributed by atoms with Crippen molar-refractivity contribution in [1.82, 2.24) is 15.0 Å². The highest BCUT2D eigenvalue weighted by molar-refractivity contribution is 7.89. The Morgan fingerprint density at radius 3 is 2.53 bits per heavy atom. The zero-order chi connectivity index (χ0) is 13.5. The van der Waals surface area contributed by atoms with Gasteiger partial charge in [-0.1, -0.05) is 0 Å². The number of rotatable bonds is 2. The first-order chi connectivity index (χ1) is 9.04. The normalized spacial score (nSPS) is 11.8. The summed E-state index contributed by atoms with van der Waals surface area (Å²) in [6.45, 7) is 0. The Morgan fingerprint density at radius 1 is 1.11 bits per heavy atom. The summed E-state index contributed by atoms with van der Waals surface area (Å²) >= 11 is 0. The van der Waals surface area contributed by atoms with Crippen molar-refractivity contribution in [2.45, 2.75) is 4.90 Å². The van der Waals surface area contributed by atoms with Gasteiger partial charge in [-0.25, -0.2) is 23.5 Å². The molecule has 0 amide bonds. The lowest BCUT2D eigenvalue weighted by Crippen LogP contribution is -2.11. The van der Waals surface area contributed by atoms with Crippen LogP contribution in [-0.2, 0) is 10.0 Å². The number of aromatic nitrogens is 3. The molecule has 3 N–H and O–H groups in total. The van der Waals surface area contributed by atoms with Gasteiger partial charge in [-0.3, -0.25) is 0 Å². The number of hydrogen-bond acceptors (Lipinski definition) is 4. The van der Waals surface area contributed by atoms with E-state index in [9.17, 15) is 8.42 Å². The number of sulfonamides is 1. The molecule has 0 saturated heterocycles. The van der Waals surface area contributed by atoms with Gasteiger partial charge in [0, 0.05) is 11.8 Å². The molecule has 0 atom stereocenters. The average molecular weight is 274 g/mol. The van der Waals surface area contributed by atoms with Gasteiger partial charge < -0.3 is 4.98 Å². The van der Waals surface area contributed by atoms with E-state index in [2.05, 4.69) is 15.0 Å². The Hall–Kier alpha value is -2.25. The highest BCUT2D eigenvalue weighted by atomic mass is 32.2. The summed E-state index contributed by atoms with van der Waals surface area (Å²) in [6, 6.07) is 7.99. The third-order valence-electron chi connectivity index (χ3n) is 2.74. The van der Waals surface area contributed by atoms with Crippen molar-refractivity contribution >= 4 is 21.1 Å². The number of fused-ring (bicyclic) bond motifs is 1. The summed E-state index contributed by atoms with van der Waals surface area (Å²) in [5, 5.41) is 5.04. The lowest BCUT2D eigenvalue weighted by atomic mass is 10.2. The molecule has 1 aromatic carbocycles. The van der Waals surface area contributed by atoms with E-state index in [0.717, 1.165) is 16.6 Å². The van der Waals surface area contributed by atoms with Crippen LogP contribution in [0.3, 0.4) is 0 Å². The number of aromatic amines is 1. The van der Waals surface area contributed by atoms with Crippen molar-refractivity contribution < 1.29 is 8.42 Å². The molecule has 2 aromatic heterocycles. The first-order valence-electron chi connectivity index (χ1n) is 5.47. The fraction of sp³-hybridized carbons (Fsp3) is 0. The number of nitrogens with zero attached hydrogens (tertiary/aromatic N) is 2. The van der Waals surface area contributed by atoms with Crippen molar-refractivity contribution in [2.24, 2.45) is 5.14 Å². The topological polar surface area (TPSA) is 102 Å². The Morgan fingerprint density at radius 2 is 1.84 bits per heavy atom. The highest BCUT2D eigenvalue weighted by Crippen LogP contribution is 2.19. The van der Waals surface area contributed by atoms with Crippen LogP contribution in [0.15, 0.2) is 47.6 Å². The summed E-state index contributed by atoms with van der Waals surface area (Å²) in [5.41, 5.74) is 2.39. The highest BCUT2D eigenvalue weighted by Gasteiger charge is 2.09. The monoisotopic (exact) mass is 274 g/mol. The van der Waals surface area contributed by atoms with Gasteiger partial charge in [-0.15, -0.1) is 0 Å². The maximum Gasteiger partial charge on any atom is 0.238 e. The Labute approximate surface area is 109 Å². The second kappa shape index (κ2) is 4.15. The van der Waals surface area contributed by atoms with Gasteiger partial charge in [-0.05, 0) is 30.3 Å². The molecule has 6 nitrogen and oxygen atoms in total.